The third-order valence-corrected chi connectivity index (χ3v) is 4.90. The Hall–Kier alpha value is -3.27. The lowest BCUT2D eigenvalue weighted by molar-refractivity contribution is -0.138. The first-order valence-electron chi connectivity index (χ1n) is 8.49. The number of aromatic nitrogens is 1. The van der Waals surface area contributed by atoms with Crippen LogP contribution in [0.2, 0.25) is 0 Å². The number of carboxylic acid groups (broad SMARTS) is 1. The van der Waals surface area contributed by atoms with Gasteiger partial charge in [-0.05, 0) is 53.9 Å². The van der Waals surface area contributed by atoms with Crippen LogP contribution in [0.25, 0.3) is 32.9 Å². The minimum atomic E-state index is -0.819. The van der Waals surface area contributed by atoms with Crippen molar-refractivity contribution in [2.75, 3.05) is 7.11 Å². The Morgan fingerprint density at radius 1 is 0.962 bits per heavy atom. The van der Waals surface area contributed by atoms with Gasteiger partial charge in [0.1, 0.15) is 5.75 Å². The maximum atomic E-state index is 11.2. The van der Waals surface area contributed by atoms with E-state index in [9.17, 15) is 9.90 Å². The van der Waals surface area contributed by atoms with Crippen molar-refractivity contribution in [3.05, 3.63) is 66.2 Å². The molecule has 4 rings (SSSR count). The van der Waals surface area contributed by atoms with E-state index in [1.807, 2.05) is 36.4 Å². The molecule has 0 fully saturated rings. The fourth-order valence-electron chi connectivity index (χ4n) is 3.32. The van der Waals surface area contributed by atoms with Crippen molar-refractivity contribution in [2.24, 2.45) is 0 Å². The number of carboxylic acids is 1. The van der Waals surface area contributed by atoms with Gasteiger partial charge in [0.15, 0.2) is 0 Å². The Bertz CT molecular complexity index is 1130. The molecule has 1 unspecified atom stereocenters. The number of ether oxygens (including phenoxy) is 1. The molecule has 3 aromatic carbocycles. The van der Waals surface area contributed by atoms with Crippen molar-refractivity contribution >= 4 is 27.8 Å². The largest absolute Gasteiger partial charge is 0.497 e. The van der Waals surface area contributed by atoms with Crippen LogP contribution in [0.4, 0.5) is 0 Å². The lowest BCUT2D eigenvalue weighted by atomic mass is 9.99. The third kappa shape index (κ3) is 2.69. The molecule has 0 saturated heterocycles. The van der Waals surface area contributed by atoms with Crippen molar-refractivity contribution in [1.29, 1.82) is 0 Å². The summed E-state index contributed by atoms with van der Waals surface area (Å²) in [5.41, 5.74) is 4.99. The monoisotopic (exact) mass is 345 g/mol. The highest BCUT2D eigenvalue weighted by Gasteiger charge is 2.15. The smallest absolute Gasteiger partial charge is 0.310 e. The van der Waals surface area contributed by atoms with E-state index in [4.69, 9.17) is 4.74 Å². The van der Waals surface area contributed by atoms with Gasteiger partial charge in [0, 0.05) is 21.8 Å². The first kappa shape index (κ1) is 16.2. The Kier molecular flexibility index (Phi) is 3.88. The molecular weight excluding hydrogens is 326 g/mol. The van der Waals surface area contributed by atoms with E-state index in [-0.39, 0.29) is 0 Å². The molecule has 4 nitrogen and oxygen atoms in total. The highest BCUT2D eigenvalue weighted by Crippen LogP contribution is 2.32. The normalized spacial score (nSPS) is 12.4. The van der Waals surface area contributed by atoms with E-state index in [1.54, 1.807) is 14.0 Å². The molecule has 1 aromatic heterocycles. The van der Waals surface area contributed by atoms with Gasteiger partial charge in [0.05, 0.1) is 13.0 Å². The van der Waals surface area contributed by atoms with Gasteiger partial charge in [-0.25, -0.2) is 0 Å². The van der Waals surface area contributed by atoms with E-state index in [0.717, 1.165) is 44.2 Å². The predicted octanol–water partition coefficient (Wildman–Crippen LogP) is 5.18. The second-order valence-electron chi connectivity index (χ2n) is 6.48. The summed E-state index contributed by atoms with van der Waals surface area (Å²) in [5.74, 6) is -0.521. The van der Waals surface area contributed by atoms with Gasteiger partial charge >= 0.3 is 5.97 Å². The van der Waals surface area contributed by atoms with Crippen LogP contribution in [-0.4, -0.2) is 23.2 Å². The standard InChI is InChI=1S/C22H19NO3/c1-13(22(24)25)14-6-8-18-19-11-16(7-9-20(19)23-21(18)12-14)15-4-3-5-17(10-15)26-2/h3-13,23H,1-2H3,(H,24,25). The number of rotatable bonds is 4. The van der Waals surface area contributed by atoms with E-state index in [1.165, 1.54) is 0 Å². The molecule has 2 N–H and O–H groups in total. The fraction of sp³-hybridized carbons (Fsp3) is 0.136. The molecule has 0 radical (unpaired) electrons. The molecule has 4 heteroatoms. The van der Waals surface area contributed by atoms with Gasteiger partial charge in [0.25, 0.3) is 0 Å². The number of aromatic amines is 1. The quantitative estimate of drug-likeness (QED) is 0.535. The maximum absolute atomic E-state index is 11.2. The summed E-state index contributed by atoms with van der Waals surface area (Å²) in [4.78, 5) is 14.6. The number of hydrogen-bond acceptors (Lipinski definition) is 2. The summed E-state index contributed by atoms with van der Waals surface area (Å²) in [7, 11) is 1.66. The average molecular weight is 345 g/mol. The van der Waals surface area contributed by atoms with Crippen LogP contribution in [-0.2, 0) is 4.79 Å². The lowest BCUT2D eigenvalue weighted by Gasteiger charge is -2.06. The predicted molar refractivity (Wildman–Crippen MR) is 104 cm³/mol. The average Bonchev–Trinajstić information content (AvgIpc) is 3.04. The molecule has 1 atom stereocenters. The third-order valence-electron chi connectivity index (χ3n) is 4.90. The van der Waals surface area contributed by atoms with Crippen molar-refractivity contribution in [2.45, 2.75) is 12.8 Å². The molecular formula is C22H19NO3. The highest BCUT2D eigenvalue weighted by molar-refractivity contribution is 6.08. The lowest BCUT2D eigenvalue weighted by Crippen LogP contribution is -2.06. The molecule has 0 aliphatic carbocycles. The van der Waals surface area contributed by atoms with Crippen LogP contribution < -0.4 is 4.74 Å². The number of benzene rings is 3. The number of fused-ring (bicyclic) bond motifs is 3. The number of hydrogen-bond donors (Lipinski definition) is 2. The van der Waals surface area contributed by atoms with Gasteiger partial charge in [-0.1, -0.05) is 30.3 Å². The van der Waals surface area contributed by atoms with E-state index in [2.05, 4.69) is 29.2 Å². The zero-order valence-corrected chi connectivity index (χ0v) is 14.6. The Balaban J connectivity index is 1.85. The molecule has 0 spiro atoms. The van der Waals surface area contributed by atoms with Crippen LogP contribution in [0.5, 0.6) is 5.75 Å². The Morgan fingerprint density at radius 3 is 2.54 bits per heavy atom. The van der Waals surface area contributed by atoms with E-state index >= 15 is 0 Å². The second-order valence-corrected chi connectivity index (χ2v) is 6.48. The van der Waals surface area contributed by atoms with E-state index < -0.39 is 11.9 Å². The number of carbonyl (C=O) groups is 1. The molecule has 1 heterocycles. The van der Waals surface area contributed by atoms with Gasteiger partial charge in [-0.15, -0.1) is 0 Å². The number of H-pyrrole nitrogens is 1. The van der Waals surface area contributed by atoms with Crippen molar-refractivity contribution in [3.8, 4) is 16.9 Å². The first-order chi connectivity index (χ1) is 12.6. The summed E-state index contributed by atoms with van der Waals surface area (Å²) in [6.45, 7) is 1.70. The summed E-state index contributed by atoms with van der Waals surface area (Å²) in [6.07, 6.45) is 0. The Morgan fingerprint density at radius 2 is 1.77 bits per heavy atom. The minimum Gasteiger partial charge on any atom is -0.497 e. The van der Waals surface area contributed by atoms with Crippen molar-refractivity contribution in [1.82, 2.24) is 4.98 Å². The maximum Gasteiger partial charge on any atom is 0.310 e. The van der Waals surface area contributed by atoms with Crippen LogP contribution in [0.1, 0.15) is 18.4 Å². The van der Waals surface area contributed by atoms with Crippen LogP contribution >= 0.6 is 0 Å². The summed E-state index contributed by atoms with van der Waals surface area (Å²) >= 11 is 0. The molecule has 0 saturated carbocycles. The molecule has 0 bridgehead atoms. The van der Waals surface area contributed by atoms with Gasteiger partial charge in [-0.2, -0.15) is 0 Å². The molecule has 0 aliphatic heterocycles. The number of methoxy groups -OCH3 is 1. The zero-order valence-electron chi connectivity index (χ0n) is 14.6. The summed E-state index contributed by atoms with van der Waals surface area (Å²) in [5, 5.41) is 11.4. The van der Waals surface area contributed by atoms with Crippen LogP contribution in [0.15, 0.2) is 60.7 Å². The molecule has 0 aliphatic rings. The zero-order chi connectivity index (χ0) is 18.3. The topological polar surface area (TPSA) is 62.3 Å². The van der Waals surface area contributed by atoms with Gasteiger partial charge in [-0.3, -0.25) is 4.79 Å². The van der Waals surface area contributed by atoms with Crippen LogP contribution in [0.3, 0.4) is 0 Å². The fourth-order valence-corrected chi connectivity index (χ4v) is 3.32. The van der Waals surface area contributed by atoms with Crippen molar-refractivity contribution < 1.29 is 14.6 Å². The minimum absolute atomic E-state index is 0.529. The SMILES string of the molecule is COc1cccc(-c2ccc3[nH]c4cc(C(C)C(=O)O)ccc4c3c2)c1. The molecule has 0 amide bonds. The van der Waals surface area contributed by atoms with Gasteiger partial charge in [0.2, 0.25) is 0 Å². The first-order valence-corrected chi connectivity index (χ1v) is 8.49. The number of aliphatic carboxylic acids is 1. The molecule has 26 heavy (non-hydrogen) atoms. The molecule has 130 valence electrons. The van der Waals surface area contributed by atoms with Crippen LogP contribution in [0, 0.1) is 0 Å². The second kappa shape index (κ2) is 6.23. The summed E-state index contributed by atoms with van der Waals surface area (Å²) < 4.78 is 5.32. The summed E-state index contributed by atoms with van der Waals surface area (Å²) in [6, 6.07) is 20.1. The van der Waals surface area contributed by atoms with Gasteiger partial charge < -0.3 is 14.8 Å². The van der Waals surface area contributed by atoms with E-state index in [0.29, 0.717) is 0 Å². The Labute approximate surface area is 151 Å². The van der Waals surface area contributed by atoms with Crippen molar-refractivity contribution in [3.63, 3.8) is 0 Å². The molecule has 4 aromatic rings. The highest BCUT2D eigenvalue weighted by atomic mass is 16.5. The number of nitrogens with one attached hydrogen (secondary N) is 1.